The van der Waals surface area contributed by atoms with Gasteiger partial charge in [0.05, 0.1) is 12.0 Å². The van der Waals surface area contributed by atoms with Crippen molar-refractivity contribution < 1.29 is 17.9 Å². The number of ether oxygens (including phenoxy) is 1. The summed E-state index contributed by atoms with van der Waals surface area (Å²) in [5.41, 5.74) is 2.36. The zero-order valence-electron chi connectivity index (χ0n) is 19.2. The number of hydrogen-bond acceptors (Lipinski definition) is 5. The van der Waals surface area contributed by atoms with Gasteiger partial charge >= 0.3 is 0 Å². The van der Waals surface area contributed by atoms with Gasteiger partial charge in [0.1, 0.15) is 5.75 Å². The van der Waals surface area contributed by atoms with E-state index in [-0.39, 0.29) is 17.3 Å². The van der Waals surface area contributed by atoms with Gasteiger partial charge in [-0.25, -0.2) is 8.42 Å². The Kier molecular flexibility index (Phi) is 7.62. The lowest BCUT2D eigenvalue weighted by atomic mass is 10.2. The molecule has 4 rings (SSSR count). The van der Waals surface area contributed by atoms with E-state index in [2.05, 4.69) is 22.3 Å². The molecule has 8 heteroatoms. The first-order valence-electron chi connectivity index (χ1n) is 11.2. The summed E-state index contributed by atoms with van der Waals surface area (Å²) in [4.78, 5) is 15.1. The maximum absolute atomic E-state index is 13.2. The fourth-order valence-corrected chi connectivity index (χ4v) is 5.51. The Balaban J connectivity index is 1.39. The number of hydrogen-bond donors (Lipinski definition) is 1. The van der Waals surface area contributed by atoms with Crippen LogP contribution < -0.4 is 10.1 Å². The van der Waals surface area contributed by atoms with Crippen LogP contribution in [0.1, 0.15) is 21.5 Å². The largest absolute Gasteiger partial charge is 0.496 e. The molecular weight excluding hydrogens is 450 g/mol. The number of sulfonamides is 1. The normalized spacial score (nSPS) is 15.1. The molecule has 1 N–H and O–H groups in total. The second-order valence-electron chi connectivity index (χ2n) is 8.19. The molecule has 7 nitrogen and oxygen atoms in total. The first kappa shape index (κ1) is 23.9. The smallest absolute Gasteiger partial charge is 0.251 e. The van der Waals surface area contributed by atoms with Gasteiger partial charge in [0.15, 0.2) is 0 Å². The van der Waals surface area contributed by atoms with Gasteiger partial charge in [-0.15, -0.1) is 0 Å². The van der Waals surface area contributed by atoms with Crippen molar-refractivity contribution in [2.45, 2.75) is 18.0 Å². The number of amides is 1. The highest BCUT2D eigenvalue weighted by Crippen LogP contribution is 2.21. The van der Waals surface area contributed by atoms with Crippen molar-refractivity contribution in [3.05, 3.63) is 95.6 Å². The molecule has 1 aliphatic rings. The molecular formula is C26H29N3O4S. The highest BCUT2D eigenvalue weighted by atomic mass is 32.2. The zero-order valence-corrected chi connectivity index (χ0v) is 20.0. The number of nitrogens with zero attached hydrogens (tertiary/aromatic N) is 2. The number of nitrogens with one attached hydrogen (secondary N) is 1. The van der Waals surface area contributed by atoms with Gasteiger partial charge in [0.2, 0.25) is 10.0 Å². The lowest BCUT2D eigenvalue weighted by Crippen LogP contribution is -2.48. The predicted molar refractivity (Wildman–Crippen MR) is 131 cm³/mol. The van der Waals surface area contributed by atoms with Crippen LogP contribution in [0, 0.1) is 0 Å². The van der Waals surface area contributed by atoms with E-state index in [0.717, 1.165) is 12.1 Å². The summed E-state index contributed by atoms with van der Waals surface area (Å²) in [5.74, 6) is 0.348. The number of rotatable bonds is 8. The molecule has 1 amide bonds. The Bertz CT molecular complexity index is 1220. The maximum Gasteiger partial charge on any atom is 0.251 e. The van der Waals surface area contributed by atoms with Crippen LogP contribution >= 0.6 is 0 Å². The third kappa shape index (κ3) is 5.64. The van der Waals surface area contributed by atoms with E-state index in [1.54, 1.807) is 25.3 Å². The van der Waals surface area contributed by atoms with Crippen molar-refractivity contribution in [2.75, 3.05) is 33.3 Å². The molecule has 0 atom stereocenters. The number of methoxy groups -OCH3 is 1. The molecule has 0 aliphatic carbocycles. The summed E-state index contributed by atoms with van der Waals surface area (Å²) in [6.07, 6.45) is 0. The number of carbonyl (C=O) groups is 1. The molecule has 3 aromatic rings. The molecule has 0 aromatic heterocycles. The summed E-state index contributed by atoms with van der Waals surface area (Å²) >= 11 is 0. The van der Waals surface area contributed by atoms with Crippen LogP contribution in [-0.2, 0) is 23.1 Å². The van der Waals surface area contributed by atoms with Gasteiger partial charge < -0.3 is 10.1 Å². The molecule has 34 heavy (non-hydrogen) atoms. The molecule has 1 fully saturated rings. The van der Waals surface area contributed by atoms with Crippen LogP contribution in [0.15, 0.2) is 83.8 Å². The number of benzene rings is 3. The molecule has 0 spiro atoms. The fourth-order valence-electron chi connectivity index (χ4n) is 4.04. The van der Waals surface area contributed by atoms with Crippen molar-refractivity contribution in [1.82, 2.24) is 14.5 Å². The topological polar surface area (TPSA) is 78.9 Å². The van der Waals surface area contributed by atoms with E-state index in [0.29, 0.717) is 37.5 Å². The van der Waals surface area contributed by atoms with Gasteiger partial charge in [-0.05, 0) is 29.8 Å². The van der Waals surface area contributed by atoms with Crippen LogP contribution in [0.4, 0.5) is 0 Å². The monoisotopic (exact) mass is 479 g/mol. The Hall–Kier alpha value is -3.20. The van der Waals surface area contributed by atoms with E-state index >= 15 is 0 Å². The van der Waals surface area contributed by atoms with Crippen LogP contribution in [-0.4, -0.2) is 56.8 Å². The quantitative estimate of drug-likeness (QED) is 0.537. The average Bonchev–Trinajstić information content (AvgIpc) is 2.88. The number of piperazine rings is 1. The molecule has 3 aromatic carbocycles. The Morgan fingerprint density at radius 3 is 2.35 bits per heavy atom. The first-order valence-corrected chi connectivity index (χ1v) is 12.7. The maximum atomic E-state index is 13.2. The molecule has 0 saturated carbocycles. The Morgan fingerprint density at radius 1 is 0.912 bits per heavy atom. The minimum absolute atomic E-state index is 0.133. The fraction of sp³-hybridized carbons (Fsp3) is 0.269. The molecule has 0 radical (unpaired) electrons. The van der Waals surface area contributed by atoms with E-state index in [1.165, 1.54) is 15.9 Å². The standard InChI is InChI=1S/C26H29N3O4S/c1-33-25-13-6-5-10-23(25)19-27-26(30)22-11-7-12-24(18-22)34(31,32)29-16-14-28(15-17-29)20-21-8-3-2-4-9-21/h2-13,18H,14-17,19-20H2,1H3,(H,27,30). The molecule has 1 saturated heterocycles. The summed E-state index contributed by atoms with van der Waals surface area (Å²) in [6, 6.07) is 23.8. The lowest BCUT2D eigenvalue weighted by Gasteiger charge is -2.34. The van der Waals surface area contributed by atoms with E-state index in [4.69, 9.17) is 4.74 Å². The molecule has 0 bridgehead atoms. The van der Waals surface area contributed by atoms with Crippen molar-refractivity contribution in [3.8, 4) is 5.75 Å². The van der Waals surface area contributed by atoms with Gasteiger partial charge in [-0.2, -0.15) is 4.31 Å². The summed E-state index contributed by atoms with van der Waals surface area (Å²) in [7, 11) is -2.11. The van der Waals surface area contributed by atoms with Crippen molar-refractivity contribution in [3.63, 3.8) is 0 Å². The second kappa shape index (κ2) is 10.8. The highest BCUT2D eigenvalue weighted by molar-refractivity contribution is 7.89. The van der Waals surface area contributed by atoms with Crippen LogP contribution in [0.25, 0.3) is 0 Å². The van der Waals surface area contributed by atoms with Gasteiger partial charge in [-0.1, -0.05) is 54.6 Å². The summed E-state index contributed by atoms with van der Waals surface area (Å²) in [6.45, 7) is 3.24. The minimum atomic E-state index is -3.69. The third-order valence-electron chi connectivity index (χ3n) is 5.95. The highest BCUT2D eigenvalue weighted by Gasteiger charge is 2.29. The van der Waals surface area contributed by atoms with E-state index in [9.17, 15) is 13.2 Å². The average molecular weight is 480 g/mol. The Morgan fingerprint density at radius 2 is 1.62 bits per heavy atom. The molecule has 1 heterocycles. The van der Waals surface area contributed by atoms with Crippen LogP contribution in [0.2, 0.25) is 0 Å². The molecule has 178 valence electrons. The predicted octanol–water partition coefficient (Wildman–Crippen LogP) is 3.13. The van der Waals surface area contributed by atoms with E-state index in [1.807, 2.05) is 42.5 Å². The van der Waals surface area contributed by atoms with Gasteiger partial charge in [0.25, 0.3) is 5.91 Å². The minimum Gasteiger partial charge on any atom is -0.496 e. The van der Waals surface area contributed by atoms with Crippen molar-refractivity contribution in [1.29, 1.82) is 0 Å². The summed E-state index contributed by atoms with van der Waals surface area (Å²) < 4.78 is 33.3. The van der Waals surface area contributed by atoms with Gasteiger partial charge in [-0.3, -0.25) is 9.69 Å². The van der Waals surface area contributed by atoms with Crippen molar-refractivity contribution in [2.24, 2.45) is 0 Å². The molecule has 1 aliphatic heterocycles. The van der Waals surface area contributed by atoms with Gasteiger partial charge in [0, 0.05) is 50.4 Å². The van der Waals surface area contributed by atoms with Crippen molar-refractivity contribution >= 4 is 15.9 Å². The second-order valence-corrected chi connectivity index (χ2v) is 10.1. The van der Waals surface area contributed by atoms with E-state index < -0.39 is 10.0 Å². The van der Waals surface area contributed by atoms with Crippen LogP contribution in [0.5, 0.6) is 5.75 Å². The molecule has 0 unspecified atom stereocenters. The number of carbonyl (C=O) groups excluding carboxylic acids is 1. The number of para-hydroxylation sites is 1. The zero-order chi connectivity index (χ0) is 24.0. The third-order valence-corrected chi connectivity index (χ3v) is 7.84. The van der Waals surface area contributed by atoms with Crippen LogP contribution in [0.3, 0.4) is 0 Å². The lowest BCUT2D eigenvalue weighted by molar-refractivity contribution is 0.0950. The summed E-state index contributed by atoms with van der Waals surface area (Å²) in [5, 5.41) is 2.84. The first-order chi connectivity index (χ1) is 16.5. The SMILES string of the molecule is COc1ccccc1CNC(=O)c1cccc(S(=O)(=O)N2CCN(Cc3ccccc3)CC2)c1. The Labute approximate surface area is 201 Å².